The maximum Gasteiger partial charge on any atom is 0.243 e. The lowest BCUT2D eigenvalue weighted by atomic mass is 10.2. The van der Waals surface area contributed by atoms with Crippen molar-refractivity contribution in [3.63, 3.8) is 0 Å². The number of aromatic nitrogens is 2. The molecule has 9 heteroatoms. The predicted octanol–water partition coefficient (Wildman–Crippen LogP) is 2.34. The second-order valence-electron chi connectivity index (χ2n) is 6.73. The summed E-state index contributed by atoms with van der Waals surface area (Å²) < 4.78 is 28.8. The summed E-state index contributed by atoms with van der Waals surface area (Å²) in [7, 11) is -2.30. The number of hydrogen-bond acceptors (Lipinski definition) is 4. The van der Waals surface area contributed by atoms with Crippen LogP contribution >= 0.6 is 15.9 Å². The highest BCUT2D eigenvalue weighted by Gasteiger charge is 2.23. The molecule has 1 N–H and O–H groups in total. The van der Waals surface area contributed by atoms with Crippen LogP contribution in [0.15, 0.2) is 39.7 Å². The van der Waals surface area contributed by atoms with Gasteiger partial charge in [0.2, 0.25) is 15.9 Å². The number of aryl methyl sites for hydroxylation is 2. The lowest BCUT2D eigenvalue weighted by Crippen LogP contribution is -2.40. The number of carbonyl (C=O) groups is 1. The highest BCUT2D eigenvalue weighted by molar-refractivity contribution is 9.10. The van der Waals surface area contributed by atoms with Crippen LogP contribution in [-0.4, -0.2) is 48.5 Å². The number of nitrogens with zero attached hydrogens (tertiary/aromatic N) is 3. The molecule has 7 nitrogen and oxygen atoms in total. The van der Waals surface area contributed by atoms with Gasteiger partial charge in [0.25, 0.3) is 0 Å². The van der Waals surface area contributed by atoms with E-state index in [4.69, 9.17) is 0 Å². The molecule has 1 amide bonds. The Morgan fingerprint density at radius 2 is 1.93 bits per heavy atom. The van der Waals surface area contributed by atoms with Gasteiger partial charge in [-0.25, -0.2) is 8.42 Å². The first-order valence-electron chi connectivity index (χ1n) is 8.59. The SMILES string of the molecule is Cc1cc(C)n(CC(C)CNC(=O)CN(C)S(=O)(=O)c2ccc(Br)cc2)n1. The Morgan fingerprint density at radius 3 is 2.48 bits per heavy atom. The van der Waals surface area contributed by atoms with Gasteiger partial charge in [-0.05, 0) is 50.1 Å². The van der Waals surface area contributed by atoms with Crippen molar-refractivity contribution in [1.82, 2.24) is 19.4 Å². The molecule has 0 saturated carbocycles. The second-order valence-corrected chi connectivity index (χ2v) is 9.69. The van der Waals surface area contributed by atoms with E-state index in [0.29, 0.717) is 13.1 Å². The molecular formula is C18H25BrN4O3S. The Morgan fingerprint density at radius 1 is 1.30 bits per heavy atom. The van der Waals surface area contributed by atoms with E-state index in [0.717, 1.165) is 20.2 Å². The Bertz CT molecular complexity index is 894. The van der Waals surface area contributed by atoms with Crippen molar-refractivity contribution in [2.45, 2.75) is 32.2 Å². The van der Waals surface area contributed by atoms with Crippen LogP contribution in [0.2, 0.25) is 0 Å². The summed E-state index contributed by atoms with van der Waals surface area (Å²) in [6, 6.07) is 8.32. The standard InChI is InChI=1S/C18H25BrN4O3S/c1-13(11-23-15(3)9-14(2)21-23)10-20-18(24)12-22(4)27(25,26)17-7-5-16(19)6-8-17/h5-9,13H,10-12H2,1-4H3,(H,20,24). The molecule has 1 heterocycles. The third kappa shape index (κ3) is 5.88. The van der Waals surface area contributed by atoms with Crippen LogP contribution in [0.25, 0.3) is 0 Å². The van der Waals surface area contributed by atoms with Crippen LogP contribution in [0.5, 0.6) is 0 Å². The number of hydrogen-bond donors (Lipinski definition) is 1. The number of amides is 1. The Labute approximate surface area is 168 Å². The molecule has 2 aromatic rings. The molecule has 0 spiro atoms. The average Bonchev–Trinajstić information content (AvgIpc) is 2.90. The number of halogens is 1. The molecule has 0 aliphatic carbocycles. The first kappa shape index (κ1) is 21.6. The molecule has 0 radical (unpaired) electrons. The number of likely N-dealkylation sites (N-methyl/N-ethyl adjacent to an activating group) is 1. The fourth-order valence-electron chi connectivity index (χ4n) is 2.64. The van der Waals surface area contributed by atoms with Gasteiger partial charge in [-0.1, -0.05) is 22.9 Å². The van der Waals surface area contributed by atoms with Crippen LogP contribution < -0.4 is 5.32 Å². The molecule has 2 rings (SSSR count). The summed E-state index contributed by atoms with van der Waals surface area (Å²) >= 11 is 3.27. The summed E-state index contributed by atoms with van der Waals surface area (Å²) in [5.41, 5.74) is 2.04. The van der Waals surface area contributed by atoms with Crippen molar-refractivity contribution >= 4 is 31.9 Å². The molecule has 0 aliphatic rings. The second kappa shape index (κ2) is 8.99. The predicted molar refractivity (Wildman–Crippen MR) is 108 cm³/mol. The van der Waals surface area contributed by atoms with Gasteiger partial charge >= 0.3 is 0 Å². The average molecular weight is 457 g/mol. The maximum absolute atomic E-state index is 12.5. The number of benzene rings is 1. The summed E-state index contributed by atoms with van der Waals surface area (Å²) in [5, 5.41) is 7.21. The van der Waals surface area contributed by atoms with Crippen LogP contribution in [0.1, 0.15) is 18.3 Å². The minimum absolute atomic E-state index is 0.152. The van der Waals surface area contributed by atoms with E-state index in [-0.39, 0.29) is 23.3 Å². The fraction of sp³-hybridized carbons (Fsp3) is 0.444. The smallest absolute Gasteiger partial charge is 0.243 e. The van der Waals surface area contributed by atoms with Gasteiger partial charge in [0, 0.05) is 30.3 Å². The van der Waals surface area contributed by atoms with E-state index in [2.05, 4.69) is 26.3 Å². The van der Waals surface area contributed by atoms with Crippen molar-refractivity contribution in [3.8, 4) is 0 Å². The lowest BCUT2D eigenvalue weighted by molar-refractivity contribution is -0.121. The summed E-state index contributed by atoms with van der Waals surface area (Å²) in [6.45, 7) is 6.85. The van der Waals surface area contributed by atoms with E-state index in [1.54, 1.807) is 12.1 Å². The van der Waals surface area contributed by atoms with Crippen LogP contribution in [-0.2, 0) is 21.4 Å². The Hall–Kier alpha value is -1.71. The Kier molecular flexibility index (Phi) is 7.19. The fourth-order valence-corrected chi connectivity index (χ4v) is 4.03. The van der Waals surface area contributed by atoms with Gasteiger partial charge in [-0.15, -0.1) is 0 Å². The van der Waals surface area contributed by atoms with Crippen LogP contribution in [0.3, 0.4) is 0 Å². The molecule has 0 aliphatic heterocycles. The topological polar surface area (TPSA) is 84.3 Å². The van der Waals surface area contributed by atoms with Gasteiger partial charge in [0.1, 0.15) is 0 Å². The van der Waals surface area contributed by atoms with Gasteiger partial charge in [0.05, 0.1) is 17.1 Å². The molecule has 1 aromatic heterocycles. The number of nitrogens with one attached hydrogen (secondary N) is 1. The third-order valence-electron chi connectivity index (χ3n) is 4.12. The summed E-state index contributed by atoms with van der Waals surface area (Å²) in [5.74, 6) is -0.168. The molecule has 0 saturated heterocycles. The van der Waals surface area contributed by atoms with E-state index < -0.39 is 10.0 Å². The van der Waals surface area contributed by atoms with Crippen molar-refractivity contribution in [2.24, 2.45) is 5.92 Å². The monoisotopic (exact) mass is 456 g/mol. The van der Waals surface area contributed by atoms with Gasteiger partial charge in [0.15, 0.2) is 0 Å². The van der Waals surface area contributed by atoms with Crippen molar-refractivity contribution in [2.75, 3.05) is 20.1 Å². The zero-order valence-corrected chi connectivity index (χ0v) is 18.3. The van der Waals surface area contributed by atoms with Gasteiger partial charge < -0.3 is 5.32 Å². The number of rotatable bonds is 8. The van der Waals surface area contributed by atoms with E-state index in [9.17, 15) is 13.2 Å². The molecule has 27 heavy (non-hydrogen) atoms. The molecule has 148 valence electrons. The molecular weight excluding hydrogens is 432 g/mol. The molecule has 1 unspecified atom stereocenters. The lowest BCUT2D eigenvalue weighted by Gasteiger charge is -2.18. The number of carbonyl (C=O) groups excluding carboxylic acids is 1. The van der Waals surface area contributed by atoms with Crippen molar-refractivity contribution < 1.29 is 13.2 Å². The first-order chi connectivity index (χ1) is 12.6. The third-order valence-corrected chi connectivity index (χ3v) is 6.47. The van der Waals surface area contributed by atoms with Crippen molar-refractivity contribution in [1.29, 1.82) is 0 Å². The molecule has 1 atom stereocenters. The zero-order valence-electron chi connectivity index (χ0n) is 15.9. The van der Waals surface area contributed by atoms with E-state index in [1.807, 2.05) is 31.5 Å². The molecule has 0 fully saturated rings. The zero-order chi connectivity index (χ0) is 20.2. The number of sulfonamides is 1. The summed E-state index contributed by atoms with van der Waals surface area (Å²) in [4.78, 5) is 12.3. The van der Waals surface area contributed by atoms with E-state index >= 15 is 0 Å². The van der Waals surface area contributed by atoms with Crippen LogP contribution in [0.4, 0.5) is 0 Å². The van der Waals surface area contributed by atoms with Gasteiger partial charge in [-0.3, -0.25) is 9.48 Å². The minimum Gasteiger partial charge on any atom is -0.355 e. The maximum atomic E-state index is 12.5. The summed E-state index contributed by atoms with van der Waals surface area (Å²) in [6.07, 6.45) is 0. The minimum atomic E-state index is -3.70. The highest BCUT2D eigenvalue weighted by atomic mass is 79.9. The van der Waals surface area contributed by atoms with E-state index in [1.165, 1.54) is 19.2 Å². The largest absolute Gasteiger partial charge is 0.355 e. The molecule has 1 aromatic carbocycles. The van der Waals surface area contributed by atoms with Gasteiger partial charge in [-0.2, -0.15) is 9.40 Å². The van der Waals surface area contributed by atoms with Crippen molar-refractivity contribution in [3.05, 3.63) is 46.2 Å². The Balaban J connectivity index is 1.87. The highest BCUT2D eigenvalue weighted by Crippen LogP contribution is 2.17. The quantitative estimate of drug-likeness (QED) is 0.660. The normalized spacial score (nSPS) is 13.0. The van der Waals surface area contributed by atoms with Crippen LogP contribution in [0, 0.1) is 19.8 Å². The first-order valence-corrected chi connectivity index (χ1v) is 10.8. The molecule has 0 bridgehead atoms.